The number of nitrogens with zero attached hydrogens (tertiary/aromatic N) is 2. The number of likely N-dealkylation sites (tertiary alicyclic amines) is 1. The molecule has 158 valence electrons. The lowest BCUT2D eigenvalue weighted by Crippen LogP contribution is -2.62. The van der Waals surface area contributed by atoms with E-state index < -0.39 is 17.9 Å². The molecule has 3 rings (SSSR count). The van der Waals surface area contributed by atoms with E-state index in [1.165, 1.54) is 19.3 Å². The van der Waals surface area contributed by atoms with Gasteiger partial charge < -0.3 is 5.11 Å². The van der Waals surface area contributed by atoms with E-state index in [9.17, 15) is 19.5 Å². The summed E-state index contributed by atoms with van der Waals surface area (Å²) in [4.78, 5) is 42.7. The molecule has 1 saturated heterocycles. The maximum Gasteiger partial charge on any atom is 0.382 e. The van der Waals surface area contributed by atoms with Gasteiger partial charge in [-0.3, -0.25) is 9.78 Å². The van der Waals surface area contributed by atoms with Crippen LogP contribution in [-0.4, -0.2) is 51.4 Å². The van der Waals surface area contributed by atoms with Crippen molar-refractivity contribution < 1.29 is 24.0 Å². The van der Waals surface area contributed by atoms with Crippen LogP contribution in [0.15, 0.2) is 24.5 Å². The predicted molar refractivity (Wildman–Crippen MR) is 109 cm³/mol. The first-order valence-corrected chi connectivity index (χ1v) is 11.1. The van der Waals surface area contributed by atoms with Crippen LogP contribution >= 0.6 is 0 Å². The average molecular weight is 402 g/mol. The second-order valence-electron chi connectivity index (χ2n) is 8.72. The van der Waals surface area contributed by atoms with Gasteiger partial charge in [0.05, 0.1) is 19.0 Å². The number of Topliss-reactive ketones (excluding diaryl/α,β-unsaturated/α-hetero) is 1. The number of hydrogen-bond acceptors (Lipinski definition) is 4. The quantitative estimate of drug-likeness (QED) is 0.530. The summed E-state index contributed by atoms with van der Waals surface area (Å²) < 4.78 is -0.241. The first-order valence-electron chi connectivity index (χ1n) is 11.1. The van der Waals surface area contributed by atoms with E-state index >= 15 is 0 Å². The summed E-state index contributed by atoms with van der Waals surface area (Å²) in [5.74, 6) is -1.67. The van der Waals surface area contributed by atoms with Gasteiger partial charge in [0.25, 0.3) is 5.78 Å². The summed E-state index contributed by atoms with van der Waals surface area (Å²) in [6.45, 7) is 2.73. The standard InChI is InChI=1S/C23H32N2O4/c1-2-14-25(22(27)20(26)11-10-17-7-4-3-5-8-17)15-12-19(21(25)23(28)29)18-9-6-13-24-16-18/h6,9,13,16-17,19,21H,2-5,7-8,10-12,14-15H2,1H3/p+1. The Morgan fingerprint density at radius 3 is 2.55 bits per heavy atom. The number of aromatic nitrogens is 1. The molecule has 0 aromatic carbocycles. The second-order valence-corrected chi connectivity index (χ2v) is 8.72. The van der Waals surface area contributed by atoms with E-state index in [4.69, 9.17) is 0 Å². The summed E-state index contributed by atoms with van der Waals surface area (Å²) in [5, 5.41) is 10.1. The number of carboxylic acids is 1. The zero-order valence-corrected chi connectivity index (χ0v) is 17.4. The van der Waals surface area contributed by atoms with Crippen molar-refractivity contribution in [1.82, 2.24) is 4.98 Å². The molecule has 29 heavy (non-hydrogen) atoms. The van der Waals surface area contributed by atoms with Crippen LogP contribution in [0.3, 0.4) is 0 Å². The first-order chi connectivity index (χ1) is 14.0. The predicted octanol–water partition coefficient (Wildman–Crippen LogP) is 3.71. The van der Waals surface area contributed by atoms with Crippen molar-refractivity contribution in [2.75, 3.05) is 13.1 Å². The second kappa shape index (κ2) is 9.61. The fourth-order valence-electron chi connectivity index (χ4n) is 5.48. The van der Waals surface area contributed by atoms with Gasteiger partial charge in [-0.05, 0) is 30.4 Å². The molecule has 2 aliphatic rings. The van der Waals surface area contributed by atoms with Crippen molar-refractivity contribution in [2.24, 2.45) is 5.92 Å². The van der Waals surface area contributed by atoms with Gasteiger partial charge in [-0.2, -0.15) is 0 Å². The van der Waals surface area contributed by atoms with E-state index in [1.807, 2.05) is 13.0 Å². The van der Waals surface area contributed by atoms with Gasteiger partial charge in [0.1, 0.15) is 0 Å². The van der Waals surface area contributed by atoms with Crippen molar-refractivity contribution in [3.63, 3.8) is 0 Å². The molecule has 1 aromatic rings. The highest BCUT2D eigenvalue weighted by molar-refractivity contribution is 6.33. The lowest BCUT2D eigenvalue weighted by Gasteiger charge is -2.36. The largest absolute Gasteiger partial charge is 0.477 e. The molecule has 0 bridgehead atoms. The molecule has 1 N–H and O–H groups in total. The molecule has 3 unspecified atom stereocenters. The molecule has 1 aliphatic heterocycles. The molecule has 0 spiro atoms. The number of pyridine rings is 1. The number of hydrogen-bond donors (Lipinski definition) is 1. The highest BCUT2D eigenvalue weighted by Gasteiger charge is 2.58. The third-order valence-corrected chi connectivity index (χ3v) is 6.89. The van der Waals surface area contributed by atoms with Crippen LogP contribution in [0.4, 0.5) is 0 Å². The van der Waals surface area contributed by atoms with Crippen LogP contribution in [0.25, 0.3) is 0 Å². The molecule has 1 amide bonds. The van der Waals surface area contributed by atoms with E-state index in [2.05, 4.69) is 4.98 Å². The van der Waals surface area contributed by atoms with Gasteiger partial charge in [0.2, 0.25) is 6.04 Å². The summed E-state index contributed by atoms with van der Waals surface area (Å²) in [6, 6.07) is 2.73. The zero-order chi connectivity index (χ0) is 20.9. The van der Waals surface area contributed by atoms with Crippen LogP contribution < -0.4 is 0 Å². The number of ketones is 1. The topological polar surface area (TPSA) is 84.3 Å². The SMILES string of the molecule is CCC[N+]1(C(=O)C(=O)CCC2CCCCC2)CCC(c2cccnc2)C1C(=O)O. The molecule has 0 radical (unpaired) electrons. The molecule has 1 saturated carbocycles. The number of rotatable bonds is 8. The minimum atomic E-state index is -1.00. The summed E-state index contributed by atoms with van der Waals surface area (Å²) in [5.41, 5.74) is 0.832. The number of quaternary nitrogens is 1. The van der Waals surface area contributed by atoms with Gasteiger partial charge >= 0.3 is 11.9 Å². The van der Waals surface area contributed by atoms with E-state index in [0.717, 1.165) is 24.8 Å². The highest BCUT2D eigenvalue weighted by atomic mass is 16.4. The number of carbonyl (C=O) groups is 3. The molecule has 2 heterocycles. The minimum absolute atomic E-state index is 0.241. The van der Waals surface area contributed by atoms with Crippen LogP contribution in [0.2, 0.25) is 0 Å². The van der Waals surface area contributed by atoms with Crippen LogP contribution in [0.1, 0.15) is 76.2 Å². The summed E-state index contributed by atoms with van der Waals surface area (Å²) >= 11 is 0. The number of amides is 1. The number of aliphatic carboxylic acids is 1. The lowest BCUT2D eigenvalue weighted by molar-refractivity contribution is -0.855. The fraction of sp³-hybridized carbons (Fsp3) is 0.652. The molecule has 1 aromatic heterocycles. The summed E-state index contributed by atoms with van der Waals surface area (Å²) in [6.07, 6.45) is 11.5. The monoisotopic (exact) mass is 401 g/mol. The van der Waals surface area contributed by atoms with E-state index in [-0.39, 0.29) is 22.6 Å². The molecular formula is C23H33N2O4+. The minimum Gasteiger partial charge on any atom is -0.477 e. The van der Waals surface area contributed by atoms with Crippen LogP contribution in [0, 0.1) is 5.92 Å². The Morgan fingerprint density at radius 2 is 1.93 bits per heavy atom. The Labute approximate surface area is 172 Å². The fourth-order valence-corrected chi connectivity index (χ4v) is 5.48. The number of carboxylic acid groups (broad SMARTS) is 1. The summed E-state index contributed by atoms with van der Waals surface area (Å²) in [7, 11) is 0. The van der Waals surface area contributed by atoms with Crippen molar-refractivity contribution in [2.45, 2.75) is 76.7 Å². The van der Waals surface area contributed by atoms with Gasteiger partial charge in [-0.25, -0.2) is 14.1 Å². The maximum atomic E-state index is 13.4. The molecule has 6 nitrogen and oxygen atoms in total. The van der Waals surface area contributed by atoms with Crippen LogP contribution in [-0.2, 0) is 14.4 Å². The Bertz CT molecular complexity index is 730. The molecule has 3 atom stereocenters. The van der Waals surface area contributed by atoms with Crippen LogP contribution in [0.5, 0.6) is 0 Å². The third-order valence-electron chi connectivity index (χ3n) is 6.89. The molecule has 6 heteroatoms. The Hall–Kier alpha value is -2.08. The average Bonchev–Trinajstić information content (AvgIpc) is 3.13. The zero-order valence-electron chi connectivity index (χ0n) is 17.4. The van der Waals surface area contributed by atoms with Crippen molar-refractivity contribution in [3.05, 3.63) is 30.1 Å². The smallest absolute Gasteiger partial charge is 0.382 e. The third kappa shape index (κ3) is 4.58. The molecule has 1 aliphatic carbocycles. The lowest BCUT2D eigenvalue weighted by atomic mass is 9.85. The van der Waals surface area contributed by atoms with Crippen molar-refractivity contribution >= 4 is 17.7 Å². The van der Waals surface area contributed by atoms with Gasteiger partial charge in [-0.15, -0.1) is 0 Å². The van der Waals surface area contributed by atoms with Gasteiger partial charge in [0, 0.05) is 25.2 Å². The molecular weight excluding hydrogens is 368 g/mol. The Balaban J connectivity index is 1.80. The maximum absolute atomic E-state index is 13.4. The van der Waals surface area contributed by atoms with Crippen molar-refractivity contribution in [3.8, 4) is 0 Å². The number of carbonyl (C=O) groups excluding carboxylic acids is 2. The Morgan fingerprint density at radius 1 is 1.17 bits per heavy atom. The van der Waals surface area contributed by atoms with E-state index in [0.29, 0.717) is 31.8 Å². The first kappa shape index (κ1) is 21.6. The van der Waals surface area contributed by atoms with Gasteiger partial charge in [0.15, 0.2) is 0 Å². The van der Waals surface area contributed by atoms with Gasteiger partial charge in [-0.1, -0.05) is 45.1 Å². The normalized spacial score (nSPS) is 27.6. The Kier molecular flexibility index (Phi) is 7.17. The highest BCUT2D eigenvalue weighted by Crippen LogP contribution is 2.40. The van der Waals surface area contributed by atoms with E-state index in [1.54, 1.807) is 18.5 Å². The molecule has 2 fully saturated rings. The van der Waals surface area contributed by atoms with Crippen molar-refractivity contribution in [1.29, 1.82) is 0 Å².